The molecule has 1 aliphatic heterocycles. The van der Waals surface area contributed by atoms with Crippen molar-refractivity contribution in [2.24, 2.45) is 5.73 Å². The summed E-state index contributed by atoms with van der Waals surface area (Å²) in [5, 5.41) is 13.3. The number of nitrogens with one attached hydrogen (secondary N) is 1. The van der Waals surface area contributed by atoms with Gasteiger partial charge in [-0.05, 0) is 25.0 Å². The van der Waals surface area contributed by atoms with Crippen molar-refractivity contribution in [3.63, 3.8) is 0 Å². The van der Waals surface area contributed by atoms with Crippen LogP contribution in [0.15, 0.2) is 43.0 Å². The zero-order valence-electron chi connectivity index (χ0n) is 20.8. The van der Waals surface area contributed by atoms with Gasteiger partial charge in [-0.2, -0.15) is 0 Å². The van der Waals surface area contributed by atoms with Crippen LogP contribution >= 0.6 is 0 Å². The highest BCUT2D eigenvalue weighted by Gasteiger charge is 2.43. The molecule has 206 valence electrons. The molecule has 1 aromatic carbocycles. The van der Waals surface area contributed by atoms with Crippen molar-refractivity contribution < 1.29 is 27.4 Å². The van der Waals surface area contributed by atoms with Gasteiger partial charge in [-0.1, -0.05) is 0 Å². The number of hydrogen-bond donors (Lipinski definition) is 4. The third-order valence-electron chi connectivity index (χ3n) is 6.84. The Morgan fingerprint density at radius 1 is 1.13 bits per heavy atom. The van der Waals surface area contributed by atoms with E-state index in [1.807, 2.05) is 0 Å². The minimum absolute atomic E-state index is 0.0935. The predicted octanol–water partition coefficient (Wildman–Crippen LogP) is 3.33. The number of ether oxygens (including phenoxy) is 1. The molecule has 10 nitrogen and oxygen atoms in total. The van der Waals surface area contributed by atoms with Crippen molar-refractivity contribution in [1.29, 1.82) is 0 Å². The Morgan fingerprint density at radius 2 is 1.92 bits per heavy atom. The molecule has 0 saturated carbocycles. The van der Waals surface area contributed by atoms with Crippen molar-refractivity contribution in [3.8, 4) is 17.0 Å². The summed E-state index contributed by atoms with van der Waals surface area (Å²) in [5.41, 5.74) is 11.8. The summed E-state index contributed by atoms with van der Waals surface area (Å²) in [6, 6.07) is 3.40. The Kier molecular flexibility index (Phi) is 6.91. The lowest BCUT2D eigenvalue weighted by Crippen LogP contribution is -2.63. The van der Waals surface area contributed by atoms with E-state index in [0.29, 0.717) is 35.8 Å². The topological polar surface area (TPSA) is 140 Å². The number of nitrogens with zero attached hydrogens (tertiary/aromatic N) is 5. The zero-order valence-corrected chi connectivity index (χ0v) is 20.8. The molecule has 3 aromatic heterocycles. The second kappa shape index (κ2) is 10.2. The zero-order chi connectivity index (χ0) is 27.9. The van der Waals surface area contributed by atoms with Gasteiger partial charge in [-0.25, -0.2) is 27.5 Å². The molecule has 0 bridgehead atoms. The molecule has 4 heterocycles. The number of benzene rings is 1. The van der Waals surface area contributed by atoms with E-state index in [4.69, 9.17) is 16.2 Å². The van der Waals surface area contributed by atoms with E-state index in [-0.39, 0.29) is 35.8 Å². The molecule has 0 spiro atoms. The van der Waals surface area contributed by atoms with Crippen LogP contribution in [0.4, 0.5) is 40.6 Å². The van der Waals surface area contributed by atoms with E-state index >= 15 is 0 Å². The van der Waals surface area contributed by atoms with E-state index < -0.39 is 29.7 Å². The molecule has 6 N–H and O–H groups in total. The van der Waals surface area contributed by atoms with Crippen LogP contribution in [0.1, 0.15) is 12.8 Å². The standard InChI is InChI=1S/C25H26F4N8O2/c1-39-19-8-14(26)13(7-15(19)27)16-9-17(35-20-11-34-24-23(30)32-4-6-37(20)24)18(10-33-16)36-5-2-3-25(31,12-36)21(38)22(28)29/h4,6-11,21-22,38H,2-3,5,12,31H2,1H3,(H2,30,32)(H,33,35)/t21-,25-/m1/s1. The van der Waals surface area contributed by atoms with Gasteiger partial charge >= 0.3 is 0 Å². The molecule has 1 aliphatic rings. The first-order valence-corrected chi connectivity index (χ1v) is 12.0. The van der Waals surface area contributed by atoms with Gasteiger partial charge in [0.2, 0.25) is 0 Å². The first kappa shape index (κ1) is 26.4. The summed E-state index contributed by atoms with van der Waals surface area (Å²) >= 11 is 0. The first-order valence-electron chi connectivity index (χ1n) is 12.0. The van der Waals surface area contributed by atoms with Crippen molar-refractivity contribution in [3.05, 3.63) is 54.6 Å². The van der Waals surface area contributed by atoms with Crippen molar-refractivity contribution in [1.82, 2.24) is 19.4 Å². The molecule has 0 radical (unpaired) electrons. The fourth-order valence-corrected chi connectivity index (χ4v) is 4.81. The molecule has 2 atom stereocenters. The number of imidazole rings is 1. The molecule has 14 heteroatoms. The van der Waals surface area contributed by atoms with Crippen LogP contribution in [-0.2, 0) is 0 Å². The molecular formula is C25H26F4N8O2. The lowest BCUT2D eigenvalue weighted by atomic mass is 9.84. The van der Waals surface area contributed by atoms with Gasteiger partial charge in [0.15, 0.2) is 23.0 Å². The lowest BCUT2D eigenvalue weighted by molar-refractivity contribution is -0.0529. The number of anilines is 4. The molecule has 5 rings (SSSR count). The number of rotatable bonds is 7. The number of pyridine rings is 1. The molecule has 4 aromatic rings. The number of hydrogen-bond acceptors (Lipinski definition) is 9. The average Bonchev–Trinajstić information content (AvgIpc) is 3.33. The van der Waals surface area contributed by atoms with Crippen LogP contribution < -0.4 is 26.4 Å². The summed E-state index contributed by atoms with van der Waals surface area (Å²) in [7, 11) is 1.23. The van der Waals surface area contributed by atoms with E-state index in [1.165, 1.54) is 31.8 Å². The van der Waals surface area contributed by atoms with Crippen LogP contribution in [0, 0.1) is 11.6 Å². The number of methoxy groups -OCH3 is 1. The Morgan fingerprint density at radius 3 is 2.67 bits per heavy atom. The molecular weight excluding hydrogens is 520 g/mol. The SMILES string of the molecule is COc1cc(F)c(-c2cc(Nc3cnc4c(N)nccn34)c(N3CCC[C@](N)([C@H](O)C(F)F)C3)cn2)cc1F. The Balaban J connectivity index is 1.60. The van der Waals surface area contributed by atoms with Crippen LogP contribution in [0.25, 0.3) is 16.9 Å². The molecule has 1 saturated heterocycles. The molecule has 39 heavy (non-hydrogen) atoms. The van der Waals surface area contributed by atoms with Crippen LogP contribution in [-0.4, -0.2) is 62.7 Å². The number of aromatic nitrogens is 4. The highest BCUT2D eigenvalue weighted by molar-refractivity contribution is 5.80. The third-order valence-corrected chi connectivity index (χ3v) is 6.84. The van der Waals surface area contributed by atoms with Crippen molar-refractivity contribution in [2.45, 2.75) is 30.9 Å². The summed E-state index contributed by atoms with van der Waals surface area (Å²) < 4.78 is 62.7. The van der Waals surface area contributed by atoms with Crippen LogP contribution in [0.5, 0.6) is 5.75 Å². The maximum Gasteiger partial charge on any atom is 0.265 e. The van der Waals surface area contributed by atoms with Crippen molar-refractivity contribution in [2.75, 3.05) is 36.1 Å². The second-order valence-electron chi connectivity index (χ2n) is 9.37. The van der Waals surface area contributed by atoms with Gasteiger partial charge in [0.05, 0.1) is 42.1 Å². The number of aliphatic hydroxyl groups is 1. The highest BCUT2D eigenvalue weighted by Crippen LogP contribution is 2.37. The quantitative estimate of drug-likeness (QED) is 0.257. The first-order chi connectivity index (χ1) is 18.6. The minimum Gasteiger partial charge on any atom is -0.494 e. The Bertz CT molecular complexity index is 1520. The number of alkyl halides is 2. The summed E-state index contributed by atoms with van der Waals surface area (Å²) in [5.74, 6) is -1.13. The van der Waals surface area contributed by atoms with E-state index in [2.05, 4.69) is 20.3 Å². The number of piperidine rings is 1. The van der Waals surface area contributed by atoms with Crippen LogP contribution in [0.2, 0.25) is 0 Å². The van der Waals surface area contributed by atoms with Crippen molar-refractivity contribution >= 4 is 28.7 Å². The molecule has 1 fully saturated rings. The van der Waals surface area contributed by atoms with Gasteiger partial charge in [0.1, 0.15) is 17.7 Å². The monoisotopic (exact) mass is 546 g/mol. The number of halogens is 4. The third kappa shape index (κ3) is 4.88. The largest absolute Gasteiger partial charge is 0.494 e. The normalized spacial score (nSPS) is 18.5. The van der Waals surface area contributed by atoms with Gasteiger partial charge in [-0.3, -0.25) is 9.38 Å². The predicted molar refractivity (Wildman–Crippen MR) is 137 cm³/mol. The maximum atomic E-state index is 14.9. The summed E-state index contributed by atoms with van der Waals surface area (Å²) in [4.78, 5) is 14.3. The number of nitrogens with two attached hydrogens (primary N) is 2. The molecule has 0 unspecified atom stereocenters. The lowest BCUT2D eigenvalue weighted by Gasteiger charge is -2.44. The summed E-state index contributed by atoms with van der Waals surface area (Å²) in [6.45, 7) is 0.337. The highest BCUT2D eigenvalue weighted by atomic mass is 19.3. The smallest absolute Gasteiger partial charge is 0.265 e. The number of nitrogen functional groups attached to an aromatic ring is 1. The van der Waals surface area contributed by atoms with Gasteiger partial charge < -0.3 is 31.5 Å². The van der Waals surface area contributed by atoms with Gasteiger partial charge in [0.25, 0.3) is 6.43 Å². The Hall–Kier alpha value is -4.17. The van der Waals surface area contributed by atoms with Gasteiger partial charge in [-0.15, -0.1) is 0 Å². The number of fused-ring (bicyclic) bond motifs is 1. The fourth-order valence-electron chi connectivity index (χ4n) is 4.81. The van der Waals surface area contributed by atoms with E-state index in [0.717, 1.165) is 12.1 Å². The van der Waals surface area contributed by atoms with E-state index in [9.17, 15) is 22.7 Å². The van der Waals surface area contributed by atoms with E-state index in [1.54, 1.807) is 15.5 Å². The fraction of sp³-hybridized carbons (Fsp3) is 0.320. The van der Waals surface area contributed by atoms with Gasteiger partial charge in [0, 0.05) is 37.1 Å². The summed E-state index contributed by atoms with van der Waals surface area (Å²) in [6.07, 6.45) is 1.62. The van der Waals surface area contributed by atoms with Crippen LogP contribution in [0.3, 0.4) is 0 Å². The number of aliphatic hydroxyl groups excluding tert-OH is 1. The Labute approximate surface area is 220 Å². The second-order valence-corrected chi connectivity index (χ2v) is 9.37. The average molecular weight is 547 g/mol. The molecule has 0 aliphatic carbocycles. The minimum atomic E-state index is -3.02. The molecule has 0 amide bonds. The maximum absolute atomic E-state index is 14.9.